The first-order chi connectivity index (χ1) is 11.9. The van der Waals surface area contributed by atoms with Gasteiger partial charge in [-0.2, -0.15) is 0 Å². The van der Waals surface area contributed by atoms with Crippen molar-refractivity contribution in [3.8, 4) is 5.75 Å². The normalized spacial score (nSPS) is 33.7. The molecule has 132 valence electrons. The fourth-order valence-corrected chi connectivity index (χ4v) is 4.63. The molecule has 2 heterocycles. The fraction of sp³-hybridized carbons (Fsp3) is 0.500. The van der Waals surface area contributed by atoms with Gasteiger partial charge in [-0.1, -0.05) is 23.8 Å². The van der Waals surface area contributed by atoms with Gasteiger partial charge in [-0.3, -0.25) is 14.5 Å². The minimum Gasteiger partial charge on any atom is -0.484 e. The molecule has 1 saturated heterocycles. The van der Waals surface area contributed by atoms with E-state index in [2.05, 4.69) is 30.1 Å². The summed E-state index contributed by atoms with van der Waals surface area (Å²) in [6.45, 7) is 7.18. The summed E-state index contributed by atoms with van der Waals surface area (Å²) < 4.78 is 6.34. The van der Waals surface area contributed by atoms with E-state index in [9.17, 15) is 9.59 Å². The van der Waals surface area contributed by atoms with Crippen LogP contribution in [0.2, 0.25) is 0 Å². The van der Waals surface area contributed by atoms with Crippen LogP contribution in [0.25, 0.3) is 0 Å². The zero-order chi connectivity index (χ0) is 17.8. The first kappa shape index (κ1) is 16.3. The Kier molecular flexibility index (Phi) is 3.55. The number of hydrogen-bond acceptors (Lipinski definition) is 4. The number of ether oxygens (including phenoxy) is 1. The third-order valence-electron chi connectivity index (χ3n) is 5.81. The number of nitrogens with zero attached hydrogens (tertiary/aromatic N) is 1. The second kappa shape index (κ2) is 5.43. The minimum atomic E-state index is -1.14. The van der Waals surface area contributed by atoms with Crippen LogP contribution in [0.4, 0.5) is 0 Å². The van der Waals surface area contributed by atoms with Gasteiger partial charge in [0.2, 0.25) is 5.91 Å². The van der Waals surface area contributed by atoms with Crippen LogP contribution in [0.15, 0.2) is 30.4 Å². The Morgan fingerprint density at radius 3 is 2.72 bits per heavy atom. The summed E-state index contributed by atoms with van der Waals surface area (Å²) in [6, 6.07) is 6.11. The van der Waals surface area contributed by atoms with Gasteiger partial charge in [-0.25, -0.2) is 0 Å². The van der Waals surface area contributed by atoms with Gasteiger partial charge in [0.05, 0.1) is 5.41 Å². The Balaban J connectivity index is 1.90. The first-order valence-corrected chi connectivity index (χ1v) is 8.93. The molecular formula is C20H24N2O3. The van der Waals surface area contributed by atoms with Gasteiger partial charge in [0.15, 0.2) is 17.6 Å². The Hall–Kier alpha value is -2.14. The van der Waals surface area contributed by atoms with E-state index in [0.717, 1.165) is 42.8 Å². The molecule has 0 bridgehead atoms. The van der Waals surface area contributed by atoms with E-state index in [1.165, 1.54) is 6.92 Å². The number of amides is 1. The number of carbonyl (C=O) groups excluding carboxylic acids is 2. The molecule has 3 aliphatic rings. The highest BCUT2D eigenvalue weighted by Crippen LogP contribution is 2.51. The molecule has 1 fully saturated rings. The maximum absolute atomic E-state index is 13.1. The summed E-state index contributed by atoms with van der Waals surface area (Å²) in [5.74, 6) is 0.483. The maximum Gasteiger partial charge on any atom is 0.218 e. The SMILES string of the molecule is CC(=O)NC1(N2CCCC2)C(=O)C=C[C@@]2(C)c3cc(C)ccc3O[C@@H]12. The Morgan fingerprint density at radius 1 is 1.32 bits per heavy atom. The molecule has 5 nitrogen and oxygen atoms in total. The Labute approximate surface area is 148 Å². The minimum absolute atomic E-state index is 0.100. The van der Waals surface area contributed by atoms with Crippen LogP contribution < -0.4 is 10.1 Å². The number of hydrogen-bond donors (Lipinski definition) is 1. The number of benzene rings is 1. The van der Waals surface area contributed by atoms with Crippen LogP contribution in [-0.4, -0.2) is 41.4 Å². The lowest BCUT2D eigenvalue weighted by Crippen LogP contribution is -2.75. The highest BCUT2D eigenvalue weighted by molar-refractivity contribution is 6.02. The average Bonchev–Trinajstić information content (AvgIpc) is 3.18. The summed E-state index contributed by atoms with van der Waals surface area (Å²) in [5, 5.41) is 2.99. The molecule has 25 heavy (non-hydrogen) atoms. The lowest BCUT2D eigenvalue weighted by Gasteiger charge is -2.49. The molecule has 1 N–H and O–H groups in total. The zero-order valence-electron chi connectivity index (χ0n) is 15.0. The van der Waals surface area contributed by atoms with E-state index in [4.69, 9.17) is 4.74 Å². The molecule has 2 aliphatic heterocycles. The van der Waals surface area contributed by atoms with Crippen molar-refractivity contribution in [2.24, 2.45) is 0 Å². The quantitative estimate of drug-likeness (QED) is 0.895. The van der Waals surface area contributed by atoms with E-state index in [1.807, 2.05) is 18.2 Å². The molecule has 1 aliphatic carbocycles. The van der Waals surface area contributed by atoms with Crippen molar-refractivity contribution >= 4 is 11.7 Å². The average molecular weight is 340 g/mol. The summed E-state index contributed by atoms with van der Waals surface area (Å²) in [4.78, 5) is 27.3. The predicted molar refractivity (Wildman–Crippen MR) is 94.4 cm³/mol. The topological polar surface area (TPSA) is 58.6 Å². The van der Waals surface area contributed by atoms with Crippen LogP contribution in [0.3, 0.4) is 0 Å². The highest BCUT2D eigenvalue weighted by atomic mass is 16.5. The van der Waals surface area contributed by atoms with Gasteiger partial charge in [0.25, 0.3) is 0 Å². The van der Waals surface area contributed by atoms with E-state index in [-0.39, 0.29) is 11.7 Å². The van der Waals surface area contributed by atoms with E-state index < -0.39 is 17.2 Å². The smallest absolute Gasteiger partial charge is 0.218 e. The number of aryl methyl sites for hydroxylation is 1. The molecular weight excluding hydrogens is 316 g/mol. The molecule has 0 radical (unpaired) electrons. The van der Waals surface area contributed by atoms with Gasteiger partial charge < -0.3 is 10.1 Å². The van der Waals surface area contributed by atoms with Crippen molar-refractivity contribution < 1.29 is 14.3 Å². The third-order valence-corrected chi connectivity index (χ3v) is 5.81. The van der Waals surface area contributed by atoms with Gasteiger partial charge in [0, 0.05) is 25.6 Å². The lowest BCUT2D eigenvalue weighted by atomic mass is 9.68. The second-order valence-corrected chi connectivity index (χ2v) is 7.62. The number of rotatable bonds is 2. The largest absolute Gasteiger partial charge is 0.484 e. The number of ketones is 1. The fourth-order valence-electron chi connectivity index (χ4n) is 4.63. The van der Waals surface area contributed by atoms with Crippen molar-refractivity contribution in [2.45, 2.75) is 50.8 Å². The zero-order valence-corrected chi connectivity index (χ0v) is 15.0. The van der Waals surface area contributed by atoms with Crippen LogP contribution >= 0.6 is 0 Å². The van der Waals surface area contributed by atoms with Gasteiger partial charge in [-0.05, 0) is 38.8 Å². The molecule has 1 amide bonds. The Bertz CT molecular complexity index is 781. The van der Waals surface area contributed by atoms with Gasteiger partial charge in [0.1, 0.15) is 5.75 Å². The molecule has 1 aromatic carbocycles. The molecule has 0 aromatic heterocycles. The monoisotopic (exact) mass is 340 g/mol. The van der Waals surface area contributed by atoms with Crippen molar-refractivity contribution in [3.63, 3.8) is 0 Å². The van der Waals surface area contributed by atoms with Gasteiger partial charge >= 0.3 is 0 Å². The molecule has 1 unspecified atom stereocenters. The van der Waals surface area contributed by atoms with Crippen LogP contribution in [0, 0.1) is 6.92 Å². The molecule has 0 saturated carbocycles. The van der Waals surface area contributed by atoms with Gasteiger partial charge in [-0.15, -0.1) is 0 Å². The van der Waals surface area contributed by atoms with Crippen molar-refractivity contribution in [1.29, 1.82) is 0 Å². The highest BCUT2D eigenvalue weighted by Gasteiger charge is 2.63. The lowest BCUT2D eigenvalue weighted by molar-refractivity contribution is -0.146. The maximum atomic E-state index is 13.1. The molecule has 4 rings (SSSR count). The van der Waals surface area contributed by atoms with Crippen LogP contribution in [0.5, 0.6) is 5.75 Å². The standard InChI is InChI=1S/C20H24N2O3/c1-13-6-7-16-15(12-13)19(3)9-8-17(24)20(18(19)25-16,21-14(2)23)22-10-4-5-11-22/h6-9,12,18H,4-5,10-11H2,1-3H3,(H,21,23)/t18-,19+,20?/m1/s1. The first-order valence-electron chi connectivity index (χ1n) is 8.93. The van der Waals surface area contributed by atoms with E-state index in [0.29, 0.717) is 0 Å². The van der Waals surface area contributed by atoms with Crippen molar-refractivity contribution in [3.05, 3.63) is 41.5 Å². The molecule has 5 heteroatoms. The second-order valence-electron chi connectivity index (χ2n) is 7.62. The number of fused-ring (bicyclic) bond motifs is 3. The number of carbonyl (C=O) groups is 2. The van der Waals surface area contributed by atoms with Crippen LogP contribution in [0.1, 0.15) is 37.8 Å². The van der Waals surface area contributed by atoms with E-state index in [1.54, 1.807) is 6.08 Å². The van der Waals surface area contributed by atoms with Crippen LogP contribution in [-0.2, 0) is 15.0 Å². The van der Waals surface area contributed by atoms with Crippen molar-refractivity contribution in [2.75, 3.05) is 13.1 Å². The Morgan fingerprint density at radius 2 is 2.04 bits per heavy atom. The van der Waals surface area contributed by atoms with Crippen molar-refractivity contribution in [1.82, 2.24) is 10.2 Å². The number of nitrogens with one attached hydrogen (secondary N) is 1. The number of likely N-dealkylation sites (tertiary alicyclic amines) is 1. The summed E-state index contributed by atoms with van der Waals surface area (Å²) in [6.07, 6.45) is 5.14. The molecule has 0 spiro atoms. The molecule has 1 aromatic rings. The molecule has 3 atom stereocenters. The predicted octanol–water partition coefficient (Wildman–Crippen LogP) is 2.08. The summed E-state index contributed by atoms with van der Waals surface area (Å²) in [7, 11) is 0. The van der Waals surface area contributed by atoms with E-state index >= 15 is 0 Å². The third kappa shape index (κ3) is 2.18. The summed E-state index contributed by atoms with van der Waals surface area (Å²) in [5.41, 5.74) is 0.634. The summed E-state index contributed by atoms with van der Waals surface area (Å²) >= 11 is 0.